The van der Waals surface area contributed by atoms with Gasteiger partial charge < -0.3 is 19.7 Å². The molecule has 4 nitrogen and oxygen atoms in total. The molecule has 4 heteroatoms. The molecule has 0 saturated carbocycles. The van der Waals surface area contributed by atoms with Crippen molar-refractivity contribution < 1.29 is 19.7 Å². The summed E-state index contributed by atoms with van der Waals surface area (Å²) >= 11 is 0. The monoisotopic (exact) mass is 313 g/mol. The van der Waals surface area contributed by atoms with Gasteiger partial charge in [-0.25, -0.2) is 0 Å². The fourth-order valence-electron chi connectivity index (χ4n) is 3.00. The van der Waals surface area contributed by atoms with Crippen LogP contribution in [0.1, 0.15) is 89.9 Å². The number of carboxylic acid groups (broad SMARTS) is 1. The topological polar surface area (TPSA) is 72.9 Å². The number of carboxylic acids is 1. The maximum Gasteiger partial charge on any atom is 0.0841 e. The van der Waals surface area contributed by atoms with E-state index in [0.29, 0.717) is 18.8 Å². The number of epoxide rings is 1. The molecule has 0 spiro atoms. The first kappa shape index (κ1) is 19.4. The summed E-state index contributed by atoms with van der Waals surface area (Å²) in [4.78, 5) is 10.3. The highest BCUT2D eigenvalue weighted by Crippen LogP contribution is 2.31. The second kappa shape index (κ2) is 12.9. The molecule has 2 unspecified atom stereocenters. The zero-order valence-electron chi connectivity index (χ0n) is 13.9. The Kier molecular flexibility index (Phi) is 11.4. The van der Waals surface area contributed by atoms with Crippen LogP contribution in [0.3, 0.4) is 0 Å². The minimum Gasteiger partial charge on any atom is -0.550 e. The number of carbonyl (C=O) groups is 1. The highest BCUT2D eigenvalue weighted by Gasteiger charge is 2.36. The van der Waals surface area contributed by atoms with Crippen LogP contribution in [0, 0.1) is 0 Å². The third-order valence-corrected chi connectivity index (χ3v) is 4.45. The standard InChI is InChI=1S/C18H34O4/c19-15-11-7-2-1-4-8-12-16-17(22-16)13-9-5-3-6-10-14-18(20)21/h16-17,19H,1-15H2,(H,20,21)/p-1. The largest absolute Gasteiger partial charge is 0.550 e. The lowest BCUT2D eigenvalue weighted by atomic mass is 10.0. The Morgan fingerprint density at radius 1 is 0.773 bits per heavy atom. The van der Waals surface area contributed by atoms with Crippen molar-refractivity contribution >= 4 is 5.97 Å². The Bertz CT molecular complexity index is 280. The quantitative estimate of drug-likeness (QED) is 0.351. The van der Waals surface area contributed by atoms with Crippen LogP contribution in [0.4, 0.5) is 0 Å². The molecule has 2 atom stereocenters. The Labute approximate surface area is 135 Å². The third kappa shape index (κ3) is 11.0. The van der Waals surface area contributed by atoms with Gasteiger partial charge in [-0.15, -0.1) is 0 Å². The predicted octanol–water partition coefficient (Wildman–Crippen LogP) is 2.96. The van der Waals surface area contributed by atoms with Crippen molar-refractivity contribution in [1.82, 2.24) is 0 Å². The number of aliphatic hydroxyl groups excluding tert-OH is 1. The molecule has 0 aliphatic carbocycles. The van der Waals surface area contributed by atoms with Gasteiger partial charge in [0.2, 0.25) is 0 Å². The summed E-state index contributed by atoms with van der Waals surface area (Å²) in [5, 5.41) is 18.9. The first-order valence-corrected chi connectivity index (χ1v) is 9.20. The van der Waals surface area contributed by atoms with Crippen LogP contribution in [0.2, 0.25) is 0 Å². The van der Waals surface area contributed by atoms with Crippen molar-refractivity contribution in [2.45, 2.75) is 102 Å². The molecule has 0 aromatic heterocycles. The SMILES string of the molecule is O=C([O-])CCCCCCCC1OC1CCCCCCCCO. The molecule has 1 saturated heterocycles. The van der Waals surface area contributed by atoms with E-state index in [1.165, 1.54) is 51.4 Å². The van der Waals surface area contributed by atoms with Crippen LogP contribution in [0.25, 0.3) is 0 Å². The van der Waals surface area contributed by atoms with E-state index in [1.807, 2.05) is 0 Å². The zero-order chi connectivity index (χ0) is 16.0. The van der Waals surface area contributed by atoms with Gasteiger partial charge in [0.05, 0.1) is 12.2 Å². The average Bonchev–Trinajstić information content (AvgIpc) is 3.23. The van der Waals surface area contributed by atoms with Gasteiger partial charge in [0.15, 0.2) is 0 Å². The molecule has 0 aromatic rings. The Balaban J connectivity index is 1.76. The number of aliphatic hydroxyl groups is 1. The highest BCUT2D eigenvalue weighted by atomic mass is 16.6. The first-order chi connectivity index (χ1) is 10.7. The van der Waals surface area contributed by atoms with Gasteiger partial charge in [0.25, 0.3) is 0 Å². The average molecular weight is 313 g/mol. The summed E-state index contributed by atoms with van der Waals surface area (Å²) in [5.41, 5.74) is 0. The number of ether oxygens (including phenoxy) is 1. The third-order valence-electron chi connectivity index (χ3n) is 4.45. The van der Waals surface area contributed by atoms with Gasteiger partial charge in [-0.2, -0.15) is 0 Å². The molecule has 1 rings (SSSR count). The molecule has 1 heterocycles. The lowest BCUT2D eigenvalue weighted by molar-refractivity contribution is -0.305. The van der Waals surface area contributed by atoms with Crippen LogP contribution in [-0.4, -0.2) is 29.9 Å². The number of rotatable bonds is 16. The highest BCUT2D eigenvalue weighted by molar-refractivity contribution is 5.63. The summed E-state index contributed by atoms with van der Waals surface area (Å²) in [7, 11) is 0. The Morgan fingerprint density at radius 2 is 1.23 bits per heavy atom. The van der Waals surface area contributed by atoms with Crippen LogP contribution >= 0.6 is 0 Å². The minimum atomic E-state index is -0.928. The van der Waals surface area contributed by atoms with Gasteiger partial charge in [-0.1, -0.05) is 57.8 Å². The number of hydrogen-bond acceptors (Lipinski definition) is 4. The normalized spacial score (nSPS) is 20.2. The van der Waals surface area contributed by atoms with E-state index < -0.39 is 5.97 Å². The van der Waals surface area contributed by atoms with Gasteiger partial charge in [0.1, 0.15) is 0 Å². The molecule has 1 aliphatic heterocycles. The van der Waals surface area contributed by atoms with E-state index in [2.05, 4.69) is 0 Å². The molecule has 0 aromatic carbocycles. The first-order valence-electron chi connectivity index (χ1n) is 9.20. The van der Waals surface area contributed by atoms with E-state index in [9.17, 15) is 9.90 Å². The summed E-state index contributed by atoms with van der Waals surface area (Å²) in [5.74, 6) is -0.928. The molecule has 0 amide bonds. The van der Waals surface area contributed by atoms with Gasteiger partial charge >= 0.3 is 0 Å². The molecular weight excluding hydrogens is 280 g/mol. The van der Waals surface area contributed by atoms with Crippen LogP contribution in [0.15, 0.2) is 0 Å². The summed E-state index contributed by atoms with van der Waals surface area (Å²) < 4.78 is 5.70. The van der Waals surface area contributed by atoms with Gasteiger partial charge in [0, 0.05) is 12.6 Å². The van der Waals surface area contributed by atoms with Crippen LogP contribution < -0.4 is 5.11 Å². The fourth-order valence-corrected chi connectivity index (χ4v) is 3.00. The molecular formula is C18H33O4-. The van der Waals surface area contributed by atoms with E-state index in [0.717, 1.165) is 32.1 Å². The van der Waals surface area contributed by atoms with Crippen molar-refractivity contribution in [2.24, 2.45) is 0 Å². The molecule has 0 bridgehead atoms. The molecule has 0 radical (unpaired) electrons. The van der Waals surface area contributed by atoms with Crippen LogP contribution in [0.5, 0.6) is 0 Å². The fraction of sp³-hybridized carbons (Fsp3) is 0.944. The zero-order valence-corrected chi connectivity index (χ0v) is 13.9. The Hall–Kier alpha value is -0.610. The van der Waals surface area contributed by atoms with Crippen molar-refractivity contribution in [2.75, 3.05) is 6.61 Å². The molecule has 130 valence electrons. The molecule has 1 N–H and O–H groups in total. The van der Waals surface area contributed by atoms with Gasteiger partial charge in [-0.3, -0.25) is 0 Å². The number of hydrogen-bond donors (Lipinski definition) is 1. The van der Waals surface area contributed by atoms with E-state index >= 15 is 0 Å². The minimum absolute atomic E-state index is 0.202. The van der Waals surface area contributed by atoms with Crippen molar-refractivity contribution in [3.63, 3.8) is 0 Å². The summed E-state index contributed by atoms with van der Waals surface area (Å²) in [6, 6.07) is 0. The lowest BCUT2D eigenvalue weighted by Gasteiger charge is -2.02. The summed E-state index contributed by atoms with van der Waals surface area (Å²) in [6.07, 6.45) is 16.0. The molecule has 22 heavy (non-hydrogen) atoms. The van der Waals surface area contributed by atoms with Crippen molar-refractivity contribution in [3.8, 4) is 0 Å². The second-order valence-corrected chi connectivity index (χ2v) is 6.53. The van der Waals surface area contributed by atoms with Crippen molar-refractivity contribution in [1.29, 1.82) is 0 Å². The number of aliphatic carboxylic acids is 1. The van der Waals surface area contributed by atoms with Gasteiger partial charge in [-0.05, 0) is 32.1 Å². The predicted molar refractivity (Wildman–Crippen MR) is 85.4 cm³/mol. The number of carbonyl (C=O) groups excluding carboxylic acids is 1. The number of unbranched alkanes of at least 4 members (excludes halogenated alkanes) is 9. The van der Waals surface area contributed by atoms with E-state index in [-0.39, 0.29) is 6.42 Å². The molecule has 1 fully saturated rings. The van der Waals surface area contributed by atoms with E-state index in [1.54, 1.807) is 0 Å². The summed E-state index contributed by atoms with van der Waals surface area (Å²) in [6.45, 7) is 0.328. The van der Waals surface area contributed by atoms with Crippen LogP contribution in [-0.2, 0) is 9.53 Å². The maximum atomic E-state index is 10.3. The van der Waals surface area contributed by atoms with Crippen molar-refractivity contribution in [3.05, 3.63) is 0 Å². The maximum absolute atomic E-state index is 10.3. The molecule has 1 aliphatic rings. The lowest BCUT2D eigenvalue weighted by Crippen LogP contribution is -2.21. The van der Waals surface area contributed by atoms with E-state index in [4.69, 9.17) is 9.84 Å². The second-order valence-electron chi connectivity index (χ2n) is 6.53. The Morgan fingerprint density at radius 3 is 1.73 bits per heavy atom. The smallest absolute Gasteiger partial charge is 0.0841 e.